The molecule has 0 heterocycles. The lowest BCUT2D eigenvalue weighted by Crippen LogP contribution is -2.29. The van der Waals surface area contributed by atoms with Crippen molar-refractivity contribution in [1.29, 1.82) is 0 Å². The van der Waals surface area contributed by atoms with Gasteiger partial charge in [-0.3, -0.25) is 18.6 Å². The van der Waals surface area contributed by atoms with Gasteiger partial charge in [-0.05, 0) is 89.9 Å². The molecular formula is C48H79O11P. The van der Waals surface area contributed by atoms with Crippen LogP contribution in [0.15, 0.2) is 97.2 Å². The van der Waals surface area contributed by atoms with Crippen molar-refractivity contribution in [3.8, 4) is 0 Å². The van der Waals surface area contributed by atoms with Crippen LogP contribution in [0.5, 0.6) is 0 Å². The maximum absolute atomic E-state index is 12.6. The summed E-state index contributed by atoms with van der Waals surface area (Å²) in [5.41, 5.74) is 0. The highest BCUT2D eigenvalue weighted by molar-refractivity contribution is 7.47. The molecule has 12 heteroatoms. The molecule has 0 fully saturated rings. The zero-order valence-electron chi connectivity index (χ0n) is 36.7. The van der Waals surface area contributed by atoms with Gasteiger partial charge in [0, 0.05) is 12.8 Å². The van der Waals surface area contributed by atoms with Crippen LogP contribution in [0.2, 0.25) is 0 Å². The molecular weight excluding hydrogens is 783 g/mol. The van der Waals surface area contributed by atoms with Crippen molar-refractivity contribution in [2.75, 3.05) is 26.4 Å². The van der Waals surface area contributed by atoms with E-state index in [1.807, 2.05) is 24.3 Å². The summed E-state index contributed by atoms with van der Waals surface area (Å²) < 4.78 is 32.6. The van der Waals surface area contributed by atoms with Gasteiger partial charge in [-0.25, -0.2) is 4.57 Å². The van der Waals surface area contributed by atoms with E-state index in [0.29, 0.717) is 19.3 Å². The predicted octanol–water partition coefficient (Wildman–Crippen LogP) is 11.0. The minimum absolute atomic E-state index is 0.121. The molecule has 0 aliphatic rings. The molecule has 0 aromatic heterocycles. The van der Waals surface area contributed by atoms with Crippen molar-refractivity contribution >= 4 is 19.8 Å². The minimum atomic E-state index is -4.66. The SMILES string of the molecule is CCCCC/C=C\C/C=C\C/C=C\C/C=C\CCCCCC(=O)O[C@H](COC(=O)CCC/C=C\C/C=C\C/C=C\C/C=C\[C@@H](O)CCCC)COP(=O)(O)OC[C@@H](O)CO. The van der Waals surface area contributed by atoms with E-state index in [1.54, 1.807) is 0 Å². The smallest absolute Gasteiger partial charge is 0.462 e. The Morgan fingerprint density at radius 1 is 0.550 bits per heavy atom. The number of aliphatic hydroxyl groups excluding tert-OH is 3. The largest absolute Gasteiger partial charge is 0.472 e. The van der Waals surface area contributed by atoms with Crippen LogP contribution < -0.4 is 0 Å². The number of allylic oxidation sites excluding steroid dienone is 15. The van der Waals surface area contributed by atoms with E-state index in [0.717, 1.165) is 77.0 Å². The highest BCUT2D eigenvalue weighted by atomic mass is 31.2. The third kappa shape index (κ3) is 41.6. The molecule has 0 radical (unpaired) electrons. The molecule has 0 saturated carbocycles. The third-order valence-electron chi connectivity index (χ3n) is 8.78. The van der Waals surface area contributed by atoms with Gasteiger partial charge < -0.3 is 29.7 Å². The number of phosphoric ester groups is 1. The summed E-state index contributed by atoms with van der Waals surface area (Å²) in [5.74, 6) is -1.06. The van der Waals surface area contributed by atoms with E-state index < -0.39 is 51.8 Å². The molecule has 60 heavy (non-hydrogen) atoms. The van der Waals surface area contributed by atoms with Gasteiger partial charge in [-0.15, -0.1) is 0 Å². The van der Waals surface area contributed by atoms with Crippen molar-refractivity contribution in [2.24, 2.45) is 0 Å². The molecule has 0 bridgehead atoms. The molecule has 4 atom stereocenters. The average Bonchev–Trinajstić information content (AvgIpc) is 3.23. The average molecular weight is 863 g/mol. The lowest BCUT2D eigenvalue weighted by molar-refractivity contribution is -0.161. The van der Waals surface area contributed by atoms with Gasteiger partial charge in [0.15, 0.2) is 6.10 Å². The summed E-state index contributed by atoms with van der Waals surface area (Å²) in [6, 6.07) is 0. The minimum Gasteiger partial charge on any atom is -0.462 e. The number of carbonyl (C=O) groups is 2. The summed E-state index contributed by atoms with van der Waals surface area (Å²) in [6.07, 6.45) is 48.5. The Balaban J connectivity index is 4.49. The number of ether oxygens (including phenoxy) is 2. The maximum Gasteiger partial charge on any atom is 0.472 e. The molecule has 0 aromatic rings. The first-order valence-corrected chi connectivity index (χ1v) is 23.8. The van der Waals surface area contributed by atoms with E-state index >= 15 is 0 Å². The fourth-order valence-corrected chi connectivity index (χ4v) is 6.07. The summed E-state index contributed by atoms with van der Waals surface area (Å²) in [6.45, 7) is 2.06. The molecule has 0 spiro atoms. The van der Waals surface area contributed by atoms with Crippen molar-refractivity contribution in [1.82, 2.24) is 0 Å². The molecule has 0 saturated heterocycles. The Hall–Kier alpha value is -3.15. The predicted molar refractivity (Wildman–Crippen MR) is 243 cm³/mol. The number of hydrogen-bond donors (Lipinski definition) is 4. The van der Waals surface area contributed by atoms with E-state index in [2.05, 4.69) is 91.3 Å². The Morgan fingerprint density at radius 3 is 1.55 bits per heavy atom. The first-order chi connectivity index (χ1) is 29.1. The molecule has 0 aliphatic carbocycles. The first kappa shape index (κ1) is 56.9. The number of rotatable bonds is 40. The van der Waals surface area contributed by atoms with Gasteiger partial charge in [-0.2, -0.15) is 0 Å². The molecule has 1 unspecified atom stereocenters. The Morgan fingerprint density at radius 2 is 1.02 bits per heavy atom. The van der Waals surface area contributed by atoms with Crippen LogP contribution in [0.1, 0.15) is 149 Å². The first-order valence-electron chi connectivity index (χ1n) is 22.3. The standard InChI is InChI=1S/C48H79O11P/c1-3-5-7-8-9-10-11-12-13-14-15-16-17-18-23-26-29-32-35-39-48(53)59-46(43-58-60(54,55)57-41-45(51)40-49)42-56-47(52)38-34-31-28-25-22-20-19-21-24-27-30-33-37-44(50)36-6-4-2/h9-10,12-13,15-16,18-20,23-25,27-28,33,37,44-46,49-51H,3-8,11,14,17,21-22,26,29-32,34-36,38-43H2,1-2H3,(H,54,55)/b10-9-,13-12-,16-15-,20-19-,23-18-,27-24-,28-25-,37-33-/t44-,45-,46+/m0/s1. The molecule has 342 valence electrons. The van der Waals surface area contributed by atoms with Gasteiger partial charge in [0.2, 0.25) is 0 Å². The van der Waals surface area contributed by atoms with Gasteiger partial charge in [0.25, 0.3) is 0 Å². The summed E-state index contributed by atoms with van der Waals surface area (Å²) in [7, 11) is -4.66. The van der Waals surface area contributed by atoms with Gasteiger partial charge in [0.05, 0.1) is 25.9 Å². The van der Waals surface area contributed by atoms with E-state index in [1.165, 1.54) is 25.7 Å². The van der Waals surface area contributed by atoms with Crippen LogP contribution >= 0.6 is 7.82 Å². The Kier molecular flexibility index (Phi) is 40.3. The number of esters is 2. The number of phosphoric acid groups is 1. The monoisotopic (exact) mass is 863 g/mol. The zero-order valence-corrected chi connectivity index (χ0v) is 37.6. The summed E-state index contributed by atoms with van der Waals surface area (Å²) >= 11 is 0. The lowest BCUT2D eigenvalue weighted by Gasteiger charge is -2.20. The number of carbonyl (C=O) groups excluding carboxylic acids is 2. The normalized spacial score (nSPS) is 15.2. The van der Waals surface area contributed by atoms with Crippen molar-refractivity contribution in [3.05, 3.63) is 97.2 Å². The van der Waals surface area contributed by atoms with Gasteiger partial charge >= 0.3 is 19.8 Å². The van der Waals surface area contributed by atoms with Crippen LogP contribution in [-0.2, 0) is 32.7 Å². The summed E-state index contributed by atoms with van der Waals surface area (Å²) in [5, 5.41) is 28.2. The van der Waals surface area contributed by atoms with Crippen LogP contribution in [-0.4, -0.2) is 76.9 Å². The number of hydrogen-bond acceptors (Lipinski definition) is 10. The second kappa shape index (κ2) is 42.5. The van der Waals surface area contributed by atoms with Gasteiger partial charge in [-0.1, -0.05) is 143 Å². The highest BCUT2D eigenvalue weighted by Gasteiger charge is 2.27. The van der Waals surface area contributed by atoms with E-state index in [4.69, 9.17) is 19.1 Å². The molecule has 11 nitrogen and oxygen atoms in total. The van der Waals surface area contributed by atoms with Crippen LogP contribution in [0.25, 0.3) is 0 Å². The fraction of sp³-hybridized carbons (Fsp3) is 0.625. The van der Waals surface area contributed by atoms with Crippen LogP contribution in [0.4, 0.5) is 0 Å². The molecule has 4 N–H and O–H groups in total. The summed E-state index contributed by atoms with van der Waals surface area (Å²) in [4.78, 5) is 35.0. The number of aliphatic hydroxyl groups is 3. The van der Waals surface area contributed by atoms with E-state index in [9.17, 15) is 29.3 Å². The van der Waals surface area contributed by atoms with Crippen LogP contribution in [0, 0.1) is 0 Å². The molecule has 0 aromatic carbocycles. The van der Waals surface area contributed by atoms with Crippen molar-refractivity contribution in [2.45, 2.75) is 167 Å². The van der Waals surface area contributed by atoms with E-state index in [-0.39, 0.29) is 25.6 Å². The van der Waals surface area contributed by atoms with Crippen LogP contribution in [0.3, 0.4) is 0 Å². The fourth-order valence-electron chi connectivity index (χ4n) is 5.28. The maximum atomic E-state index is 12.6. The second-order valence-electron chi connectivity index (χ2n) is 14.5. The third-order valence-corrected chi connectivity index (χ3v) is 9.73. The molecule has 0 rings (SSSR count). The highest BCUT2D eigenvalue weighted by Crippen LogP contribution is 2.43. The van der Waals surface area contributed by atoms with Crippen molar-refractivity contribution < 1.29 is 52.9 Å². The number of unbranched alkanes of at least 4 members (excludes halogenated alkanes) is 8. The second-order valence-corrected chi connectivity index (χ2v) is 16.0. The van der Waals surface area contributed by atoms with Crippen molar-refractivity contribution in [3.63, 3.8) is 0 Å². The Labute approximate surface area is 362 Å². The zero-order chi connectivity index (χ0) is 44.2. The molecule has 0 amide bonds. The quantitative estimate of drug-likeness (QED) is 0.0200. The van der Waals surface area contributed by atoms with Gasteiger partial charge in [0.1, 0.15) is 12.7 Å². The topological polar surface area (TPSA) is 169 Å². The lowest BCUT2D eigenvalue weighted by atomic mass is 10.1. The molecule has 0 aliphatic heterocycles. The Bertz CT molecular complexity index is 1330.